The number of nitrogens with zero attached hydrogens (tertiary/aromatic N) is 3. The Bertz CT molecular complexity index is 1010. The van der Waals surface area contributed by atoms with Gasteiger partial charge in [0.15, 0.2) is 0 Å². The quantitative estimate of drug-likeness (QED) is 0.620. The van der Waals surface area contributed by atoms with Crippen LogP contribution in [-0.4, -0.2) is 62.7 Å². The van der Waals surface area contributed by atoms with Crippen LogP contribution in [0.3, 0.4) is 0 Å². The minimum Gasteiger partial charge on any atom is -0.480 e. The van der Waals surface area contributed by atoms with Crippen molar-refractivity contribution in [2.75, 3.05) is 26.2 Å². The number of hydrogen-bond acceptors (Lipinski definition) is 5. The van der Waals surface area contributed by atoms with Gasteiger partial charge in [-0.3, -0.25) is 19.4 Å². The molecule has 0 bridgehead atoms. The van der Waals surface area contributed by atoms with Gasteiger partial charge in [0.05, 0.1) is 0 Å². The lowest BCUT2D eigenvalue weighted by atomic mass is 10.0. The molecule has 0 saturated carbocycles. The fourth-order valence-corrected chi connectivity index (χ4v) is 4.80. The van der Waals surface area contributed by atoms with E-state index in [1.54, 1.807) is 22.1 Å². The van der Waals surface area contributed by atoms with Crippen LogP contribution >= 0.6 is 11.3 Å². The Hall–Kier alpha value is -2.68. The van der Waals surface area contributed by atoms with E-state index in [0.717, 1.165) is 30.5 Å². The molecule has 0 aliphatic carbocycles. The summed E-state index contributed by atoms with van der Waals surface area (Å²) in [5, 5.41) is 22.1. The number of aromatic nitrogens is 1. The zero-order chi connectivity index (χ0) is 20.4. The van der Waals surface area contributed by atoms with Gasteiger partial charge in [0.25, 0.3) is 0 Å². The average molecular weight is 413 g/mol. The van der Waals surface area contributed by atoms with E-state index in [2.05, 4.69) is 16.3 Å². The molecule has 1 saturated heterocycles. The lowest BCUT2D eigenvalue weighted by Crippen LogP contribution is -2.48. The average Bonchev–Trinajstić information content (AvgIpc) is 3.32. The fourth-order valence-electron chi connectivity index (χ4n) is 4.06. The van der Waals surface area contributed by atoms with Crippen LogP contribution in [0.4, 0.5) is 0 Å². The summed E-state index contributed by atoms with van der Waals surface area (Å²) in [6.45, 7) is 3.61. The molecule has 29 heavy (non-hydrogen) atoms. The van der Waals surface area contributed by atoms with Crippen molar-refractivity contribution in [3.8, 4) is 0 Å². The molecular formula is C21H23N3O4S. The minimum absolute atomic E-state index is 0.193. The summed E-state index contributed by atoms with van der Waals surface area (Å²) in [6, 6.07) is 10.8. The van der Waals surface area contributed by atoms with E-state index >= 15 is 0 Å². The van der Waals surface area contributed by atoms with Crippen LogP contribution < -0.4 is 0 Å². The molecule has 1 fully saturated rings. The zero-order valence-corrected chi connectivity index (χ0v) is 16.7. The maximum Gasteiger partial charge on any atom is 0.325 e. The predicted octanol–water partition coefficient (Wildman–Crippen LogP) is 2.73. The van der Waals surface area contributed by atoms with Crippen LogP contribution in [0, 0.1) is 0 Å². The first-order valence-electron chi connectivity index (χ1n) is 9.54. The van der Waals surface area contributed by atoms with Crippen molar-refractivity contribution in [1.82, 2.24) is 14.4 Å². The van der Waals surface area contributed by atoms with Gasteiger partial charge in [-0.2, -0.15) is 0 Å². The van der Waals surface area contributed by atoms with Crippen LogP contribution in [0.5, 0.6) is 0 Å². The molecule has 0 amide bonds. The Balaban J connectivity index is 1.57. The number of hydrogen-bond donors (Lipinski definition) is 2. The Morgan fingerprint density at radius 1 is 1.03 bits per heavy atom. The van der Waals surface area contributed by atoms with E-state index in [9.17, 15) is 19.8 Å². The summed E-state index contributed by atoms with van der Waals surface area (Å²) in [5.41, 5.74) is 1.40. The number of carboxylic acid groups (broad SMARTS) is 2. The van der Waals surface area contributed by atoms with Gasteiger partial charge < -0.3 is 14.8 Å². The van der Waals surface area contributed by atoms with Gasteiger partial charge in [-0.05, 0) is 17.5 Å². The first-order chi connectivity index (χ1) is 14.0. The second kappa shape index (κ2) is 8.36. The number of rotatable bonds is 7. The largest absolute Gasteiger partial charge is 0.480 e. The third-order valence-electron chi connectivity index (χ3n) is 5.39. The standard InChI is InChI=1S/C21H23N3O4S/c25-19(26)14-24-13-17(16-5-1-2-6-18(16)24)20(21(27)28)23-9-7-22(8-10-23)12-15-4-3-11-29-15/h1-6,11,13,20H,7-10,12,14H2,(H,25,26)(H,27,28). The minimum atomic E-state index is -0.952. The lowest BCUT2D eigenvalue weighted by molar-refractivity contribution is -0.144. The van der Waals surface area contributed by atoms with Crippen molar-refractivity contribution in [2.24, 2.45) is 0 Å². The van der Waals surface area contributed by atoms with Crippen LogP contribution in [0.25, 0.3) is 10.9 Å². The van der Waals surface area contributed by atoms with E-state index in [4.69, 9.17) is 0 Å². The molecule has 0 spiro atoms. The van der Waals surface area contributed by atoms with E-state index in [-0.39, 0.29) is 6.54 Å². The smallest absolute Gasteiger partial charge is 0.325 e. The van der Waals surface area contributed by atoms with Crippen molar-refractivity contribution in [3.63, 3.8) is 0 Å². The molecule has 1 unspecified atom stereocenters. The summed E-state index contributed by atoms with van der Waals surface area (Å²) in [7, 11) is 0. The first kappa shape index (κ1) is 19.6. The third-order valence-corrected chi connectivity index (χ3v) is 6.25. The summed E-state index contributed by atoms with van der Waals surface area (Å²) in [4.78, 5) is 29.1. The summed E-state index contributed by atoms with van der Waals surface area (Å²) < 4.78 is 1.62. The highest BCUT2D eigenvalue weighted by atomic mass is 32.1. The molecule has 1 aromatic carbocycles. The highest BCUT2D eigenvalue weighted by Crippen LogP contribution is 2.31. The maximum absolute atomic E-state index is 12.2. The lowest BCUT2D eigenvalue weighted by Gasteiger charge is -2.37. The van der Waals surface area contributed by atoms with Crippen molar-refractivity contribution in [1.29, 1.82) is 0 Å². The molecule has 1 aliphatic rings. The Morgan fingerprint density at radius 2 is 1.79 bits per heavy atom. The Kier molecular flexibility index (Phi) is 5.66. The van der Waals surface area contributed by atoms with Crippen molar-refractivity contribution >= 4 is 34.2 Å². The third kappa shape index (κ3) is 4.19. The topological polar surface area (TPSA) is 86.0 Å². The van der Waals surface area contributed by atoms with Gasteiger partial charge in [0.1, 0.15) is 12.6 Å². The normalized spacial score (nSPS) is 16.8. The maximum atomic E-state index is 12.2. The molecule has 3 heterocycles. The molecule has 7 nitrogen and oxygen atoms in total. The van der Waals surface area contributed by atoms with Crippen LogP contribution in [0.2, 0.25) is 0 Å². The molecule has 0 radical (unpaired) electrons. The summed E-state index contributed by atoms with van der Waals surface area (Å²) in [5.74, 6) is -1.86. The molecule has 1 aliphatic heterocycles. The molecule has 2 aromatic heterocycles. The predicted molar refractivity (Wildman–Crippen MR) is 111 cm³/mol. The fraction of sp³-hybridized carbons (Fsp3) is 0.333. The van der Waals surface area contributed by atoms with Gasteiger partial charge in [0, 0.05) is 60.3 Å². The molecule has 3 aromatic rings. The second-order valence-electron chi connectivity index (χ2n) is 7.26. The Labute approximate surface area is 172 Å². The highest BCUT2D eigenvalue weighted by Gasteiger charge is 2.32. The van der Waals surface area contributed by atoms with Gasteiger partial charge >= 0.3 is 11.9 Å². The zero-order valence-electron chi connectivity index (χ0n) is 15.9. The van der Waals surface area contributed by atoms with Crippen LogP contribution in [0.1, 0.15) is 16.5 Å². The second-order valence-corrected chi connectivity index (χ2v) is 8.29. The van der Waals surface area contributed by atoms with E-state index in [1.165, 1.54) is 4.88 Å². The number of carbonyl (C=O) groups is 2. The van der Waals surface area contributed by atoms with Crippen molar-refractivity contribution in [3.05, 3.63) is 58.4 Å². The molecule has 152 valence electrons. The molecule has 4 rings (SSSR count). The first-order valence-corrected chi connectivity index (χ1v) is 10.4. The van der Waals surface area contributed by atoms with Crippen LogP contribution in [0.15, 0.2) is 48.0 Å². The number of thiophene rings is 1. The van der Waals surface area contributed by atoms with Crippen molar-refractivity contribution < 1.29 is 19.8 Å². The highest BCUT2D eigenvalue weighted by molar-refractivity contribution is 7.09. The van der Waals surface area contributed by atoms with Gasteiger partial charge in [0.2, 0.25) is 0 Å². The van der Waals surface area contributed by atoms with Gasteiger partial charge in [-0.15, -0.1) is 11.3 Å². The molecular weight excluding hydrogens is 390 g/mol. The summed E-state index contributed by atoms with van der Waals surface area (Å²) >= 11 is 1.73. The molecule has 8 heteroatoms. The number of benzene rings is 1. The summed E-state index contributed by atoms with van der Waals surface area (Å²) in [6.07, 6.45) is 1.69. The monoisotopic (exact) mass is 413 g/mol. The van der Waals surface area contributed by atoms with Gasteiger partial charge in [-0.1, -0.05) is 24.3 Å². The number of para-hydroxylation sites is 1. The molecule has 1 atom stereocenters. The van der Waals surface area contributed by atoms with E-state index in [0.29, 0.717) is 18.7 Å². The van der Waals surface area contributed by atoms with Crippen LogP contribution in [-0.2, 0) is 22.7 Å². The number of fused-ring (bicyclic) bond motifs is 1. The molecule has 2 N–H and O–H groups in total. The van der Waals surface area contributed by atoms with Gasteiger partial charge in [-0.25, -0.2) is 0 Å². The number of piperazine rings is 1. The SMILES string of the molecule is O=C(O)Cn1cc(C(C(=O)O)N2CCN(Cc3cccs3)CC2)c2ccccc21. The van der Waals surface area contributed by atoms with Crippen molar-refractivity contribution in [2.45, 2.75) is 19.1 Å². The Morgan fingerprint density at radius 3 is 2.45 bits per heavy atom. The number of carboxylic acids is 2. The van der Waals surface area contributed by atoms with E-state index < -0.39 is 18.0 Å². The van der Waals surface area contributed by atoms with E-state index in [1.807, 2.05) is 35.2 Å². The number of aliphatic carboxylic acids is 2.